The maximum atomic E-state index is 14.0. The monoisotopic (exact) mass is 694 g/mol. The molecule has 0 bridgehead atoms. The molecule has 40 heavy (non-hydrogen) atoms. The van der Waals surface area contributed by atoms with E-state index < -0.39 is 12.0 Å². The standard InChI is InChI=1S/C28H28Br2N2O7S/c1-7-38-27(35)21-14(4)31-28-32(24(21)15-8-9-17(39-13(2)3)18(10-15)36-5)26(34)20(40-28)12-16-11-19(37-6)25(33)23(30)22(16)29/h8-13,24,33H,7H2,1-6H3/b20-12-/t24-/m0/s1. The SMILES string of the molecule is CCOC(=O)C1=C(C)N=c2s/c(=C\c3cc(OC)c(O)c(Br)c3Br)c(=O)n2[C@H]1c1ccc(OC(C)C)c(OC)c1. The van der Waals surface area contributed by atoms with E-state index in [1.807, 2.05) is 13.8 Å². The topological polar surface area (TPSA) is 109 Å². The molecule has 1 aliphatic rings. The summed E-state index contributed by atoms with van der Waals surface area (Å²) in [5.41, 5.74) is 1.60. The van der Waals surface area contributed by atoms with E-state index in [1.54, 1.807) is 44.2 Å². The molecule has 1 aliphatic heterocycles. The summed E-state index contributed by atoms with van der Waals surface area (Å²) >= 11 is 8.02. The molecule has 4 rings (SSSR count). The van der Waals surface area contributed by atoms with Gasteiger partial charge in [-0.25, -0.2) is 9.79 Å². The van der Waals surface area contributed by atoms with Crippen molar-refractivity contribution in [1.82, 2.24) is 4.57 Å². The Morgan fingerprint density at radius 2 is 1.85 bits per heavy atom. The second kappa shape index (κ2) is 12.2. The lowest BCUT2D eigenvalue weighted by Crippen LogP contribution is -2.40. The Bertz CT molecular complexity index is 1690. The van der Waals surface area contributed by atoms with Crippen molar-refractivity contribution in [2.24, 2.45) is 4.99 Å². The molecule has 0 amide bonds. The van der Waals surface area contributed by atoms with Crippen LogP contribution in [-0.2, 0) is 9.53 Å². The van der Waals surface area contributed by atoms with Gasteiger partial charge in [0.1, 0.15) is 0 Å². The number of carbonyl (C=O) groups is 1. The summed E-state index contributed by atoms with van der Waals surface area (Å²) in [6.07, 6.45) is 1.61. The molecule has 1 N–H and O–H groups in total. The van der Waals surface area contributed by atoms with Gasteiger partial charge >= 0.3 is 5.97 Å². The van der Waals surface area contributed by atoms with Gasteiger partial charge in [0.2, 0.25) is 0 Å². The highest BCUT2D eigenvalue weighted by Gasteiger charge is 2.34. The normalized spacial score (nSPS) is 15.1. The number of phenolic OH excluding ortho intramolecular Hbond substituents is 1. The number of thiazole rings is 1. The predicted octanol–water partition coefficient (Wildman–Crippen LogP) is 4.83. The number of carbonyl (C=O) groups excluding carboxylic acids is 1. The zero-order chi connectivity index (χ0) is 29.3. The number of hydrogen-bond acceptors (Lipinski definition) is 9. The summed E-state index contributed by atoms with van der Waals surface area (Å²) in [5.74, 6) is 0.629. The first-order valence-corrected chi connectivity index (χ1v) is 14.7. The Morgan fingerprint density at radius 1 is 1.15 bits per heavy atom. The molecule has 0 radical (unpaired) electrons. The Balaban J connectivity index is 1.98. The van der Waals surface area contributed by atoms with E-state index in [4.69, 9.17) is 18.9 Å². The number of methoxy groups -OCH3 is 2. The third-order valence-corrected chi connectivity index (χ3v) is 9.21. The summed E-state index contributed by atoms with van der Waals surface area (Å²) in [4.78, 5) is 32.2. The van der Waals surface area contributed by atoms with E-state index in [0.29, 0.717) is 46.6 Å². The molecule has 3 aromatic rings. The van der Waals surface area contributed by atoms with E-state index in [1.165, 1.54) is 30.1 Å². The first-order valence-electron chi connectivity index (χ1n) is 12.3. The van der Waals surface area contributed by atoms with E-state index in [2.05, 4.69) is 36.9 Å². The van der Waals surface area contributed by atoms with E-state index in [9.17, 15) is 14.7 Å². The highest BCUT2D eigenvalue weighted by atomic mass is 79.9. The quantitative estimate of drug-likeness (QED) is 0.337. The Hall–Kier alpha value is -3.09. The van der Waals surface area contributed by atoms with E-state index >= 15 is 0 Å². The van der Waals surface area contributed by atoms with Crippen molar-refractivity contribution in [3.05, 3.63) is 75.3 Å². The second-order valence-corrected chi connectivity index (χ2v) is 11.6. The minimum absolute atomic E-state index is 0.0680. The number of hydrogen-bond donors (Lipinski definition) is 1. The molecule has 0 aliphatic carbocycles. The van der Waals surface area contributed by atoms with Crippen LogP contribution in [-0.4, -0.2) is 42.6 Å². The minimum Gasteiger partial charge on any atom is -0.503 e. The largest absolute Gasteiger partial charge is 0.503 e. The number of aromatic nitrogens is 1. The van der Waals surface area contributed by atoms with Crippen LogP contribution in [0, 0.1) is 0 Å². The predicted molar refractivity (Wildman–Crippen MR) is 159 cm³/mol. The highest BCUT2D eigenvalue weighted by Crippen LogP contribution is 2.42. The fourth-order valence-electron chi connectivity index (χ4n) is 4.33. The molecule has 0 saturated carbocycles. The Kier molecular flexibility index (Phi) is 9.11. The van der Waals surface area contributed by atoms with Crippen LogP contribution >= 0.6 is 43.2 Å². The number of esters is 1. The number of rotatable bonds is 8. The third-order valence-electron chi connectivity index (χ3n) is 6.06. The first kappa shape index (κ1) is 29.9. The highest BCUT2D eigenvalue weighted by molar-refractivity contribution is 9.13. The van der Waals surface area contributed by atoms with Gasteiger partial charge in [-0.15, -0.1) is 0 Å². The molecular formula is C28H28Br2N2O7S. The number of benzene rings is 2. The molecular weight excluding hydrogens is 668 g/mol. The van der Waals surface area contributed by atoms with Crippen molar-refractivity contribution >= 4 is 55.2 Å². The van der Waals surface area contributed by atoms with Gasteiger partial charge in [-0.05, 0) is 95.0 Å². The average molecular weight is 696 g/mol. The van der Waals surface area contributed by atoms with Gasteiger partial charge < -0.3 is 24.1 Å². The van der Waals surface area contributed by atoms with Gasteiger partial charge in [0, 0.05) is 4.47 Å². The van der Waals surface area contributed by atoms with E-state index in [0.717, 1.165) is 0 Å². The first-order chi connectivity index (χ1) is 19.0. The minimum atomic E-state index is -0.816. The lowest BCUT2D eigenvalue weighted by atomic mass is 9.95. The van der Waals surface area contributed by atoms with Crippen LogP contribution in [0.4, 0.5) is 0 Å². The number of aromatic hydroxyl groups is 1. The zero-order valence-corrected chi connectivity index (χ0v) is 26.7. The van der Waals surface area contributed by atoms with Gasteiger partial charge in [-0.1, -0.05) is 17.4 Å². The molecule has 1 aromatic heterocycles. The molecule has 12 heteroatoms. The zero-order valence-electron chi connectivity index (χ0n) is 22.7. The van der Waals surface area contributed by atoms with Crippen LogP contribution < -0.4 is 29.1 Å². The summed E-state index contributed by atoms with van der Waals surface area (Å²) in [5, 5.41) is 10.3. The molecule has 9 nitrogen and oxygen atoms in total. The molecule has 2 heterocycles. The molecule has 0 saturated heterocycles. The van der Waals surface area contributed by atoms with Crippen molar-refractivity contribution in [3.8, 4) is 23.0 Å². The van der Waals surface area contributed by atoms with Gasteiger partial charge in [0.15, 0.2) is 27.8 Å². The van der Waals surface area contributed by atoms with Crippen molar-refractivity contribution in [3.63, 3.8) is 0 Å². The maximum Gasteiger partial charge on any atom is 0.338 e. The molecule has 0 unspecified atom stereocenters. The van der Waals surface area contributed by atoms with Crippen LogP contribution in [0.1, 0.15) is 44.9 Å². The molecule has 0 spiro atoms. The number of nitrogens with zero attached hydrogens (tertiary/aromatic N) is 2. The van der Waals surface area contributed by atoms with Gasteiger partial charge in [-0.3, -0.25) is 9.36 Å². The summed E-state index contributed by atoms with van der Waals surface area (Å²) in [6.45, 7) is 7.44. The van der Waals surface area contributed by atoms with Gasteiger partial charge in [0.05, 0.1) is 53.2 Å². The molecule has 1 atom stereocenters. The number of phenols is 1. The molecule has 2 aromatic carbocycles. The van der Waals surface area contributed by atoms with Gasteiger partial charge in [-0.2, -0.15) is 0 Å². The maximum absolute atomic E-state index is 14.0. The van der Waals surface area contributed by atoms with Crippen molar-refractivity contribution in [1.29, 1.82) is 0 Å². The van der Waals surface area contributed by atoms with E-state index in [-0.39, 0.29) is 35.3 Å². The van der Waals surface area contributed by atoms with Crippen molar-refractivity contribution in [2.45, 2.75) is 39.8 Å². The summed E-state index contributed by atoms with van der Waals surface area (Å²) in [6, 6.07) is 6.13. The van der Waals surface area contributed by atoms with Crippen LogP contribution in [0.15, 0.2) is 54.3 Å². The van der Waals surface area contributed by atoms with Gasteiger partial charge in [0.25, 0.3) is 5.56 Å². The average Bonchev–Trinajstić information content (AvgIpc) is 3.22. The molecule has 212 valence electrons. The molecule has 0 fully saturated rings. The van der Waals surface area contributed by atoms with Crippen LogP contribution in [0.3, 0.4) is 0 Å². The van der Waals surface area contributed by atoms with Crippen LogP contribution in [0.2, 0.25) is 0 Å². The van der Waals surface area contributed by atoms with Crippen molar-refractivity contribution in [2.75, 3.05) is 20.8 Å². The lowest BCUT2D eigenvalue weighted by molar-refractivity contribution is -0.139. The fourth-order valence-corrected chi connectivity index (χ4v) is 6.20. The smallest absolute Gasteiger partial charge is 0.338 e. The number of ether oxygens (including phenoxy) is 4. The Morgan fingerprint density at radius 3 is 2.48 bits per heavy atom. The second-order valence-electron chi connectivity index (χ2n) is 9.02. The number of fused-ring (bicyclic) bond motifs is 1. The van der Waals surface area contributed by atoms with Crippen LogP contribution in [0.25, 0.3) is 6.08 Å². The number of halogens is 2. The fraction of sp³-hybridized carbons (Fsp3) is 0.321. The summed E-state index contributed by atoms with van der Waals surface area (Å²) in [7, 11) is 2.98. The Labute approximate surface area is 251 Å². The third kappa shape index (κ3) is 5.57. The van der Waals surface area contributed by atoms with Crippen molar-refractivity contribution < 1.29 is 28.8 Å². The van der Waals surface area contributed by atoms with Crippen LogP contribution in [0.5, 0.6) is 23.0 Å². The number of allylic oxidation sites excluding steroid dienone is 1. The summed E-state index contributed by atoms with van der Waals surface area (Å²) < 4.78 is 24.9. The lowest BCUT2D eigenvalue weighted by Gasteiger charge is -2.25.